The molecule has 0 aliphatic carbocycles. The van der Waals surface area contributed by atoms with Crippen molar-refractivity contribution in [1.82, 2.24) is 39.1 Å². The highest BCUT2D eigenvalue weighted by molar-refractivity contribution is 6.30. The Hall–Kier alpha value is -7.52. The third-order valence-electron chi connectivity index (χ3n) is 14.0. The van der Waals surface area contributed by atoms with Gasteiger partial charge in [-0.1, -0.05) is 47.5 Å². The van der Waals surface area contributed by atoms with Gasteiger partial charge in [0.1, 0.15) is 59.0 Å². The fraction of sp³-hybridized carbons (Fsp3) is 0.397. The number of ether oxygens (including phenoxy) is 5. The molecule has 1 saturated heterocycles. The molecule has 4 aromatic carbocycles. The maximum atomic E-state index is 15.1. The van der Waals surface area contributed by atoms with Crippen molar-refractivity contribution in [2.75, 3.05) is 91.7 Å². The van der Waals surface area contributed by atoms with E-state index in [9.17, 15) is 18.8 Å². The van der Waals surface area contributed by atoms with Crippen molar-refractivity contribution in [1.29, 1.82) is 0 Å². The Morgan fingerprint density at radius 2 is 1.59 bits per heavy atom. The van der Waals surface area contributed by atoms with Crippen LogP contribution in [-0.2, 0) is 19.1 Å². The minimum absolute atomic E-state index is 0.0979. The molecule has 6 aromatic rings. The highest BCUT2D eigenvalue weighted by Crippen LogP contribution is 2.46. The molecule has 1 fully saturated rings. The van der Waals surface area contributed by atoms with Crippen LogP contribution in [-0.4, -0.2) is 167 Å². The first-order valence-electron chi connectivity index (χ1n) is 26.6. The Bertz CT molecular complexity index is 3220. The summed E-state index contributed by atoms with van der Waals surface area (Å²) in [4.78, 5) is 74.3. The lowest BCUT2D eigenvalue weighted by molar-refractivity contribution is -0.135. The zero-order valence-corrected chi connectivity index (χ0v) is 47.0. The molecule has 4 atom stereocenters. The molecule has 3 aliphatic rings. The van der Waals surface area contributed by atoms with E-state index in [0.29, 0.717) is 62.3 Å². The van der Waals surface area contributed by atoms with Crippen molar-refractivity contribution in [3.63, 3.8) is 0 Å². The van der Waals surface area contributed by atoms with Crippen molar-refractivity contribution in [3.8, 4) is 17.2 Å². The summed E-state index contributed by atoms with van der Waals surface area (Å²) in [5.74, 6) is 1.24. The molecule has 1 N–H and O–H groups in total. The van der Waals surface area contributed by atoms with Gasteiger partial charge in [-0.05, 0) is 99.5 Å². The van der Waals surface area contributed by atoms with Gasteiger partial charge in [0.2, 0.25) is 11.8 Å². The molecule has 422 valence electrons. The van der Waals surface area contributed by atoms with Crippen LogP contribution in [0, 0.1) is 5.82 Å². The highest BCUT2D eigenvalue weighted by Gasteiger charge is 2.46. The second kappa shape index (κ2) is 25.7. The van der Waals surface area contributed by atoms with Crippen LogP contribution >= 0.6 is 23.2 Å². The molecule has 0 saturated carbocycles. The number of rotatable bonds is 18. The normalized spacial score (nSPS) is 18.6. The number of carbonyl (C=O) groups excluding carboxylic acids is 4. The number of benzene rings is 4. The third kappa shape index (κ3) is 13.4. The van der Waals surface area contributed by atoms with Gasteiger partial charge in [-0.25, -0.2) is 18.7 Å². The topological polar surface area (TPSA) is 185 Å². The largest absolute Gasteiger partial charge is 0.497 e. The van der Waals surface area contributed by atoms with E-state index in [1.54, 1.807) is 93.4 Å². The number of hydrogen-bond acceptors (Lipinski definition) is 13. The lowest BCUT2D eigenvalue weighted by atomic mass is 9.93. The molecule has 22 heteroatoms. The van der Waals surface area contributed by atoms with Crippen molar-refractivity contribution >= 4 is 64.3 Å². The summed E-state index contributed by atoms with van der Waals surface area (Å²) in [7, 11) is 3.24. The van der Waals surface area contributed by atoms with Crippen LogP contribution in [0.25, 0.3) is 5.65 Å². The fourth-order valence-corrected chi connectivity index (χ4v) is 10.2. The monoisotopic (exact) mass is 1130 g/mol. The molecule has 9 rings (SSSR count). The molecule has 5 amide bonds. The number of anilines is 1. The molecule has 3 aliphatic heterocycles. The standard InChI is InChI=1S/C58H65Cl2FN10O9/c1-36(2)79-49-32-44(76-6)16-17-45(49)56-65-53(39-7-11-41(59)12-8-39)54(40-9-13-42(60)14-10-40)71(56)58(75)69-25-24-67(52(73)35-69)26-28-78-30-29-77-27-20-51(72)66(5)22-23-68-34-37(3)80-48-18-15-43(61)31-46(48)38(4)63-50-19-21-70-55(64-50)47(33-62-70)57(68)74/h7-19,21,31-33,36-38,53-54H,20,22-30,34-35H2,1-6H3,(H,63,64)/t37-,38+,53+,54-/m0/s1. The average Bonchev–Trinajstić information content (AvgIpc) is 4.23. The number of methoxy groups -OCH3 is 1. The highest BCUT2D eigenvalue weighted by atomic mass is 35.5. The maximum Gasteiger partial charge on any atom is 0.326 e. The number of carbonyl (C=O) groups is 4. The van der Waals surface area contributed by atoms with Crippen LogP contribution in [0.3, 0.4) is 0 Å². The number of aromatic nitrogens is 3. The summed E-state index contributed by atoms with van der Waals surface area (Å²) in [5, 5.41) is 8.73. The maximum absolute atomic E-state index is 15.1. The van der Waals surface area contributed by atoms with Crippen LogP contribution in [0.1, 0.15) is 84.9 Å². The number of likely N-dealkylation sites (N-methyl/N-ethyl adjacent to an activating group) is 1. The van der Waals surface area contributed by atoms with E-state index in [2.05, 4.69) is 15.4 Å². The van der Waals surface area contributed by atoms with Gasteiger partial charge < -0.3 is 48.6 Å². The number of piperazine rings is 1. The minimum Gasteiger partial charge on any atom is -0.497 e. The number of fused-ring (bicyclic) bond motifs is 2. The number of halogens is 3. The molecular weight excluding hydrogens is 1070 g/mol. The Balaban J connectivity index is 0.762. The lowest BCUT2D eigenvalue weighted by Crippen LogP contribution is -2.56. The lowest BCUT2D eigenvalue weighted by Gasteiger charge is -2.38. The first kappa shape index (κ1) is 57.2. The summed E-state index contributed by atoms with van der Waals surface area (Å²) in [6.07, 6.45) is 2.56. The Labute approximate surface area is 474 Å². The molecule has 2 bridgehead atoms. The van der Waals surface area contributed by atoms with Crippen molar-refractivity contribution in [3.05, 3.63) is 147 Å². The number of amides is 5. The molecule has 0 unspecified atom stereocenters. The van der Waals surface area contributed by atoms with E-state index in [1.165, 1.54) is 22.8 Å². The average molecular weight is 1140 g/mol. The number of nitrogens with zero attached hydrogens (tertiary/aromatic N) is 9. The van der Waals surface area contributed by atoms with Crippen molar-refractivity contribution in [2.24, 2.45) is 4.99 Å². The first-order valence-corrected chi connectivity index (χ1v) is 27.4. The molecular formula is C58H65Cl2FN10O9. The minimum atomic E-state index is -0.635. The van der Waals surface area contributed by atoms with E-state index in [1.807, 2.05) is 58.0 Å². The van der Waals surface area contributed by atoms with Gasteiger partial charge in [-0.15, -0.1) is 0 Å². The van der Waals surface area contributed by atoms with Gasteiger partial charge >= 0.3 is 6.03 Å². The fourth-order valence-electron chi connectivity index (χ4n) is 9.90. The Kier molecular flexibility index (Phi) is 18.4. The van der Waals surface area contributed by atoms with E-state index in [4.69, 9.17) is 51.9 Å². The van der Waals surface area contributed by atoms with E-state index in [-0.39, 0.29) is 108 Å². The summed E-state index contributed by atoms with van der Waals surface area (Å²) in [6, 6.07) is 24.2. The second-order valence-corrected chi connectivity index (χ2v) is 21.0. The van der Waals surface area contributed by atoms with Crippen molar-refractivity contribution in [2.45, 2.75) is 64.4 Å². The molecule has 19 nitrogen and oxygen atoms in total. The summed E-state index contributed by atoms with van der Waals surface area (Å²) >= 11 is 12.7. The van der Waals surface area contributed by atoms with Crippen LogP contribution < -0.4 is 19.5 Å². The Morgan fingerprint density at radius 3 is 2.30 bits per heavy atom. The van der Waals surface area contributed by atoms with E-state index in [0.717, 1.165) is 11.1 Å². The number of hydrogen-bond donors (Lipinski definition) is 1. The SMILES string of the molecule is COc1ccc(C2=N[C@H](c3ccc(Cl)cc3)[C@H](c3ccc(Cl)cc3)N2C(=O)N2CCN(CCOCCOCCC(=O)N(C)CCN3C[C@H](C)Oc4ccc(F)cc4[C@@H](C)Nc4ccn5ncc(c5n4)C3=O)C(=O)C2)c(OC(C)C)c1. The van der Waals surface area contributed by atoms with Gasteiger partial charge in [0.25, 0.3) is 5.91 Å². The van der Waals surface area contributed by atoms with Gasteiger partial charge in [-0.2, -0.15) is 5.10 Å². The predicted octanol–water partition coefficient (Wildman–Crippen LogP) is 8.76. The van der Waals surface area contributed by atoms with Gasteiger partial charge in [-0.3, -0.25) is 24.3 Å². The zero-order valence-electron chi connectivity index (χ0n) is 45.5. The first-order chi connectivity index (χ1) is 38.5. The quantitative estimate of drug-likeness (QED) is 0.0809. The molecule has 0 radical (unpaired) electrons. The summed E-state index contributed by atoms with van der Waals surface area (Å²) < 4.78 is 45.8. The molecule has 5 heterocycles. The van der Waals surface area contributed by atoms with Gasteiger partial charge in [0.15, 0.2) is 5.65 Å². The second-order valence-electron chi connectivity index (χ2n) is 20.1. The van der Waals surface area contributed by atoms with Crippen LogP contribution in [0.5, 0.6) is 17.2 Å². The van der Waals surface area contributed by atoms with Gasteiger partial charge in [0, 0.05) is 67.6 Å². The van der Waals surface area contributed by atoms with Crippen LogP contribution in [0.15, 0.2) is 108 Å². The van der Waals surface area contributed by atoms with E-state index < -0.39 is 30.0 Å². The van der Waals surface area contributed by atoms with Crippen molar-refractivity contribution < 1.29 is 47.3 Å². The molecule has 2 aromatic heterocycles. The predicted molar refractivity (Wildman–Crippen MR) is 300 cm³/mol. The van der Waals surface area contributed by atoms with Crippen LogP contribution in [0.2, 0.25) is 10.0 Å². The number of nitrogens with one attached hydrogen (secondary N) is 1. The summed E-state index contributed by atoms with van der Waals surface area (Å²) in [5.41, 5.74) is 3.44. The zero-order chi connectivity index (χ0) is 56.6. The molecule has 80 heavy (non-hydrogen) atoms. The van der Waals surface area contributed by atoms with Crippen LogP contribution in [0.4, 0.5) is 15.0 Å². The summed E-state index contributed by atoms with van der Waals surface area (Å²) in [6.45, 7) is 9.62. The number of aliphatic imine (C=N–C) groups is 1. The number of urea groups is 1. The Morgan fingerprint density at radius 1 is 0.863 bits per heavy atom. The smallest absolute Gasteiger partial charge is 0.326 e. The molecule has 0 spiro atoms. The van der Waals surface area contributed by atoms with E-state index >= 15 is 4.79 Å². The van der Waals surface area contributed by atoms with Gasteiger partial charge in [0.05, 0.1) is 76.5 Å². The number of amidine groups is 1. The third-order valence-corrected chi connectivity index (χ3v) is 14.5.